The van der Waals surface area contributed by atoms with Crippen LogP contribution in [0.4, 0.5) is 5.82 Å². The summed E-state index contributed by atoms with van der Waals surface area (Å²) in [5.41, 5.74) is 3.44. The average molecular weight is 402 g/mol. The number of carbonyl (C=O) groups is 1. The van der Waals surface area contributed by atoms with Gasteiger partial charge in [0.25, 0.3) is 5.91 Å². The maximum Gasteiger partial charge on any atom is 0.251 e. The number of anilines is 1. The van der Waals surface area contributed by atoms with Gasteiger partial charge in [-0.1, -0.05) is 24.3 Å². The van der Waals surface area contributed by atoms with E-state index in [1.54, 1.807) is 13.4 Å². The number of nitrogens with one attached hydrogen (secondary N) is 1. The van der Waals surface area contributed by atoms with Gasteiger partial charge in [-0.25, -0.2) is 9.97 Å². The van der Waals surface area contributed by atoms with E-state index in [1.807, 2.05) is 61.5 Å². The van der Waals surface area contributed by atoms with Gasteiger partial charge in [-0.2, -0.15) is 0 Å². The Bertz CT molecular complexity index is 1010. The normalized spacial score (nSPS) is 14.4. The fourth-order valence-electron chi connectivity index (χ4n) is 3.69. The van der Waals surface area contributed by atoms with Crippen LogP contribution in [0.25, 0.3) is 11.3 Å². The predicted octanol–water partition coefficient (Wildman–Crippen LogP) is 4.24. The molecule has 1 amide bonds. The minimum atomic E-state index is -0.128. The van der Waals surface area contributed by atoms with Gasteiger partial charge < -0.3 is 15.0 Å². The van der Waals surface area contributed by atoms with Crippen molar-refractivity contribution in [3.8, 4) is 17.0 Å². The molecule has 6 nitrogen and oxygen atoms in total. The number of ether oxygens (including phenoxy) is 1. The van der Waals surface area contributed by atoms with Gasteiger partial charge in [0, 0.05) is 30.3 Å². The summed E-state index contributed by atoms with van der Waals surface area (Å²) in [6.07, 6.45) is 4.02. The number of carbonyl (C=O) groups excluding carboxylic acids is 1. The van der Waals surface area contributed by atoms with Crippen LogP contribution < -0.4 is 15.0 Å². The molecule has 3 aromatic rings. The van der Waals surface area contributed by atoms with Gasteiger partial charge in [0.1, 0.15) is 17.9 Å². The highest BCUT2D eigenvalue weighted by atomic mass is 16.5. The van der Waals surface area contributed by atoms with Gasteiger partial charge in [0.15, 0.2) is 0 Å². The van der Waals surface area contributed by atoms with Crippen molar-refractivity contribution in [3.63, 3.8) is 0 Å². The number of hydrogen-bond donors (Lipinski definition) is 1. The van der Waals surface area contributed by atoms with Crippen LogP contribution in [0.15, 0.2) is 60.9 Å². The van der Waals surface area contributed by atoms with E-state index in [0.29, 0.717) is 5.56 Å². The molecule has 0 radical (unpaired) electrons. The third kappa shape index (κ3) is 4.43. The third-order valence-corrected chi connectivity index (χ3v) is 5.47. The maximum absolute atomic E-state index is 12.7. The third-order valence-electron chi connectivity index (χ3n) is 5.47. The second kappa shape index (κ2) is 8.95. The van der Waals surface area contributed by atoms with Crippen LogP contribution in [0.2, 0.25) is 0 Å². The molecule has 0 bridgehead atoms. The summed E-state index contributed by atoms with van der Waals surface area (Å²) < 4.78 is 5.26. The Morgan fingerprint density at radius 3 is 2.57 bits per heavy atom. The van der Waals surface area contributed by atoms with Crippen molar-refractivity contribution < 1.29 is 9.53 Å². The van der Waals surface area contributed by atoms with E-state index in [9.17, 15) is 4.79 Å². The molecular formula is C24H26N4O2. The molecule has 2 aromatic carbocycles. The van der Waals surface area contributed by atoms with E-state index in [4.69, 9.17) is 4.74 Å². The number of nitrogens with zero attached hydrogens (tertiary/aromatic N) is 3. The molecule has 1 aromatic heterocycles. The zero-order chi connectivity index (χ0) is 20.9. The Labute approximate surface area is 176 Å². The zero-order valence-corrected chi connectivity index (χ0v) is 17.3. The first kappa shape index (κ1) is 19.9. The summed E-state index contributed by atoms with van der Waals surface area (Å²) in [4.78, 5) is 23.8. The molecule has 154 valence electrons. The lowest BCUT2D eigenvalue weighted by Crippen LogP contribution is -2.26. The van der Waals surface area contributed by atoms with E-state index in [-0.39, 0.29) is 11.9 Å². The van der Waals surface area contributed by atoms with Crippen molar-refractivity contribution in [1.29, 1.82) is 0 Å². The maximum atomic E-state index is 12.7. The van der Waals surface area contributed by atoms with Gasteiger partial charge >= 0.3 is 0 Å². The van der Waals surface area contributed by atoms with Crippen LogP contribution in [0.5, 0.6) is 5.75 Å². The monoisotopic (exact) mass is 402 g/mol. The van der Waals surface area contributed by atoms with E-state index in [2.05, 4.69) is 20.2 Å². The second-order valence-electron chi connectivity index (χ2n) is 7.50. The molecule has 6 heteroatoms. The Balaban J connectivity index is 1.45. The lowest BCUT2D eigenvalue weighted by molar-refractivity contribution is 0.0940. The summed E-state index contributed by atoms with van der Waals surface area (Å²) in [5, 5.41) is 3.04. The molecule has 1 atom stereocenters. The molecule has 30 heavy (non-hydrogen) atoms. The van der Waals surface area contributed by atoms with Gasteiger partial charge in [-0.3, -0.25) is 4.79 Å². The lowest BCUT2D eigenvalue weighted by atomic mass is 10.1. The summed E-state index contributed by atoms with van der Waals surface area (Å²) in [6.45, 7) is 4.05. The molecule has 0 aliphatic carbocycles. The predicted molar refractivity (Wildman–Crippen MR) is 118 cm³/mol. The molecule has 1 unspecified atom stereocenters. The number of hydrogen-bond acceptors (Lipinski definition) is 5. The van der Waals surface area contributed by atoms with E-state index >= 15 is 0 Å². The first-order valence-electron chi connectivity index (χ1n) is 10.3. The molecule has 0 spiro atoms. The lowest BCUT2D eigenvalue weighted by Gasteiger charge is -2.16. The molecule has 0 saturated carbocycles. The fourth-order valence-corrected chi connectivity index (χ4v) is 3.69. The Hall–Kier alpha value is -3.41. The molecule has 1 N–H and O–H groups in total. The van der Waals surface area contributed by atoms with Crippen molar-refractivity contribution in [2.24, 2.45) is 0 Å². The molecule has 1 aliphatic rings. The minimum absolute atomic E-state index is 0.114. The van der Waals surface area contributed by atoms with Crippen molar-refractivity contribution in [2.75, 3.05) is 25.1 Å². The Kier molecular flexibility index (Phi) is 5.93. The molecule has 1 fully saturated rings. The smallest absolute Gasteiger partial charge is 0.251 e. The number of aromatic nitrogens is 2. The zero-order valence-electron chi connectivity index (χ0n) is 17.3. The summed E-state index contributed by atoms with van der Waals surface area (Å²) in [6, 6.07) is 17.1. The van der Waals surface area contributed by atoms with E-state index in [1.165, 1.54) is 12.8 Å². The molecule has 1 aliphatic heterocycles. The van der Waals surface area contributed by atoms with E-state index < -0.39 is 0 Å². The van der Waals surface area contributed by atoms with Crippen molar-refractivity contribution in [2.45, 2.75) is 25.8 Å². The fraction of sp³-hybridized carbons (Fsp3) is 0.292. The SMILES string of the molecule is COc1cccc(C(C)NC(=O)c2ccc(-c3cc(N4CCCC4)ncn3)cc2)c1. The van der Waals surface area contributed by atoms with Gasteiger partial charge in [0.2, 0.25) is 0 Å². The standard InChI is InChI=1S/C24H26N4O2/c1-17(20-6-5-7-21(14-20)30-2)27-24(29)19-10-8-18(9-11-19)22-15-23(26-16-25-22)28-12-3-4-13-28/h5-11,14-17H,3-4,12-13H2,1-2H3,(H,27,29). The van der Waals surface area contributed by atoms with Crippen LogP contribution in [0.1, 0.15) is 41.7 Å². The highest BCUT2D eigenvalue weighted by Gasteiger charge is 2.15. The van der Waals surface area contributed by atoms with Gasteiger partial charge in [0.05, 0.1) is 18.8 Å². The number of methoxy groups -OCH3 is 1. The van der Waals surface area contributed by atoms with Crippen molar-refractivity contribution in [3.05, 3.63) is 72.1 Å². The topological polar surface area (TPSA) is 67.3 Å². The number of rotatable bonds is 6. The summed E-state index contributed by atoms with van der Waals surface area (Å²) in [5.74, 6) is 1.62. The summed E-state index contributed by atoms with van der Waals surface area (Å²) >= 11 is 0. The highest BCUT2D eigenvalue weighted by molar-refractivity contribution is 5.94. The molecule has 2 heterocycles. The quantitative estimate of drug-likeness (QED) is 0.668. The molecule has 1 saturated heterocycles. The van der Waals surface area contributed by atoms with Crippen LogP contribution in [-0.2, 0) is 0 Å². The van der Waals surface area contributed by atoms with Crippen LogP contribution >= 0.6 is 0 Å². The Morgan fingerprint density at radius 2 is 1.83 bits per heavy atom. The van der Waals surface area contributed by atoms with Crippen LogP contribution in [0.3, 0.4) is 0 Å². The number of benzene rings is 2. The van der Waals surface area contributed by atoms with Gasteiger partial charge in [-0.15, -0.1) is 0 Å². The Morgan fingerprint density at radius 1 is 1.07 bits per heavy atom. The van der Waals surface area contributed by atoms with Gasteiger partial charge in [-0.05, 0) is 49.6 Å². The van der Waals surface area contributed by atoms with E-state index in [0.717, 1.165) is 41.5 Å². The summed E-state index contributed by atoms with van der Waals surface area (Å²) in [7, 11) is 1.63. The largest absolute Gasteiger partial charge is 0.497 e. The second-order valence-corrected chi connectivity index (χ2v) is 7.50. The average Bonchev–Trinajstić information content (AvgIpc) is 3.34. The van der Waals surface area contributed by atoms with Crippen LogP contribution in [-0.4, -0.2) is 36.1 Å². The minimum Gasteiger partial charge on any atom is -0.497 e. The number of amides is 1. The first-order valence-corrected chi connectivity index (χ1v) is 10.3. The van der Waals surface area contributed by atoms with Crippen LogP contribution in [0, 0.1) is 0 Å². The molecular weight excluding hydrogens is 376 g/mol. The first-order chi connectivity index (χ1) is 14.6. The highest BCUT2D eigenvalue weighted by Crippen LogP contribution is 2.24. The van der Waals surface area contributed by atoms with Crippen molar-refractivity contribution >= 4 is 11.7 Å². The van der Waals surface area contributed by atoms with Crippen molar-refractivity contribution in [1.82, 2.24) is 15.3 Å². The molecule has 4 rings (SSSR count).